The summed E-state index contributed by atoms with van der Waals surface area (Å²) >= 11 is 1.06. The minimum absolute atomic E-state index is 0.0287. The number of phosphoric ester groups is 3. The number of amides is 2. The number of nitrogens with zero attached hydrogens (tertiary/aromatic N) is 4. The molecule has 1 fully saturated rings. The molecule has 60 heavy (non-hydrogen) atoms. The van der Waals surface area contributed by atoms with Gasteiger partial charge in [0.1, 0.15) is 36.3 Å². The number of aliphatic hydroxyl groups is 2. The Labute approximate surface area is 344 Å². The number of rotatable bonds is 21. The highest BCUT2D eigenvalue weighted by molar-refractivity contribution is 8.13. The molecule has 0 spiro atoms. The number of fused-ring (bicyclic) bond motifs is 2. The van der Waals surface area contributed by atoms with Crippen LogP contribution in [-0.4, -0.2) is 128 Å². The van der Waals surface area contributed by atoms with Crippen molar-refractivity contribution in [2.75, 3.05) is 37.8 Å². The van der Waals surface area contributed by atoms with Gasteiger partial charge in [0.25, 0.3) is 0 Å². The Balaban J connectivity index is 1.03. The number of benzene rings is 1. The van der Waals surface area contributed by atoms with Crippen molar-refractivity contribution < 1.29 is 80.5 Å². The topological polar surface area (TPSA) is 379 Å². The quantitative estimate of drug-likeness (QED) is 0.0399. The zero-order valence-electron chi connectivity index (χ0n) is 31.7. The van der Waals surface area contributed by atoms with Gasteiger partial charge in [-0.3, -0.25) is 32.5 Å². The fourth-order valence-corrected chi connectivity index (χ4v) is 9.30. The van der Waals surface area contributed by atoms with Crippen LogP contribution in [0.25, 0.3) is 22.1 Å². The molecule has 0 aliphatic carbocycles. The molecule has 2 amide bonds. The van der Waals surface area contributed by atoms with Gasteiger partial charge in [0.2, 0.25) is 11.8 Å². The van der Waals surface area contributed by atoms with Gasteiger partial charge in [0.15, 0.2) is 22.8 Å². The number of para-hydroxylation sites is 1. The van der Waals surface area contributed by atoms with Crippen molar-refractivity contribution in [2.24, 2.45) is 5.41 Å². The van der Waals surface area contributed by atoms with Crippen molar-refractivity contribution in [1.82, 2.24) is 35.1 Å². The van der Waals surface area contributed by atoms with Crippen LogP contribution in [0.15, 0.2) is 43.1 Å². The van der Waals surface area contributed by atoms with E-state index >= 15 is 0 Å². The van der Waals surface area contributed by atoms with Crippen LogP contribution >= 0.6 is 35.2 Å². The lowest BCUT2D eigenvalue weighted by Gasteiger charge is -2.30. The number of aromatic amines is 1. The van der Waals surface area contributed by atoms with Crippen molar-refractivity contribution in [2.45, 2.75) is 57.3 Å². The lowest BCUT2D eigenvalue weighted by Crippen LogP contribution is -2.46. The Morgan fingerprint density at radius 3 is 2.50 bits per heavy atom. The molecule has 1 saturated heterocycles. The predicted molar refractivity (Wildman–Crippen MR) is 209 cm³/mol. The highest BCUT2D eigenvalue weighted by Gasteiger charge is 2.50. The van der Waals surface area contributed by atoms with Gasteiger partial charge in [-0.1, -0.05) is 43.8 Å². The number of nitrogens with one attached hydrogen (secondary N) is 3. The highest BCUT2D eigenvalue weighted by Crippen LogP contribution is 2.61. The number of nitrogens with two attached hydrogens (primary N) is 1. The van der Waals surface area contributed by atoms with Crippen LogP contribution in [0.4, 0.5) is 5.82 Å². The molecule has 29 heteroatoms. The number of thioether (sulfide) groups is 1. The van der Waals surface area contributed by atoms with Gasteiger partial charge < -0.3 is 55.9 Å². The van der Waals surface area contributed by atoms with E-state index in [-0.39, 0.29) is 48.0 Å². The molecular formula is C31H43N8O17P3S. The summed E-state index contributed by atoms with van der Waals surface area (Å²) in [6.07, 6.45) is -4.96. The van der Waals surface area contributed by atoms with Crippen LogP contribution < -0.4 is 16.4 Å². The number of carbonyl (C=O) groups is 3. The van der Waals surface area contributed by atoms with E-state index in [9.17, 15) is 57.9 Å². The van der Waals surface area contributed by atoms with E-state index in [0.717, 1.165) is 45.5 Å². The van der Waals surface area contributed by atoms with Crippen LogP contribution in [0.3, 0.4) is 0 Å². The molecule has 11 N–H and O–H groups in total. The smallest absolute Gasteiger partial charge is 0.386 e. The molecule has 25 nitrogen and oxygen atoms in total. The Hall–Kier alpha value is -3.68. The van der Waals surface area contributed by atoms with Crippen molar-refractivity contribution in [1.29, 1.82) is 0 Å². The largest absolute Gasteiger partial charge is 0.481 e. The first-order valence-electron chi connectivity index (χ1n) is 17.7. The minimum Gasteiger partial charge on any atom is -0.386 e. The normalized spacial score (nSPS) is 21.1. The number of imidazole rings is 1. The summed E-state index contributed by atoms with van der Waals surface area (Å²) < 4.78 is 62.3. The molecular weight excluding hydrogens is 881 g/mol. The molecule has 0 radical (unpaired) electrons. The molecule has 1 aromatic carbocycles. The molecule has 1 aliphatic rings. The lowest BCUT2D eigenvalue weighted by atomic mass is 9.87. The summed E-state index contributed by atoms with van der Waals surface area (Å²) in [4.78, 5) is 91.4. The van der Waals surface area contributed by atoms with Gasteiger partial charge in [-0.15, -0.1) is 0 Å². The Morgan fingerprint density at radius 2 is 1.77 bits per heavy atom. The van der Waals surface area contributed by atoms with E-state index in [1.165, 1.54) is 13.8 Å². The second kappa shape index (κ2) is 19.6. The molecule has 4 heterocycles. The Kier molecular flexibility index (Phi) is 15.5. The summed E-state index contributed by atoms with van der Waals surface area (Å²) in [5.74, 6) is -1.16. The highest BCUT2D eigenvalue weighted by atomic mass is 32.2. The maximum Gasteiger partial charge on any atom is 0.481 e. The van der Waals surface area contributed by atoms with Gasteiger partial charge in [0.05, 0.1) is 19.5 Å². The Morgan fingerprint density at radius 1 is 1.05 bits per heavy atom. The summed E-state index contributed by atoms with van der Waals surface area (Å²) in [6.45, 7) is 0.448. The SMILES string of the molecule is CC(C)(COP(=O)(O)OP(=O)(O)OC[C@H]1O[C@@H](n2cnc3c(N)ncnc32)[C@H](O)[C@@H]1OP(=O)(O)O)[C@@H](O)C(=O)NCCC(=O)NCCSC(=O)Cc1c[nH]c2ccccc12. The third-order valence-electron chi connectivity index (χ3n) is 8.77. The summed E-state index contributed by atoms with van der Waals surface area (Å²) in [7, 11) is -16.4. The number of ether oxygens (including phenoxy) is 1. The van der Waals surface area contributed by atoms with E-state index in [1.807, 2.05) is 24.3 Å². The lowest BCUT2D eigenvalue weighted by molar-refractivity contribution is -0.137. The van der Waals surface area contributed by atoms with Gasteiger partial charge in [-0.25, -0.2) is 28.6 Å². The molecule has 3 aromatic heterocycles. The maximum absolute atomic E-state index is 12.7. The first-order valence-corrected chi connectivity index (χ1v) is 23.2. The standard InChI is InChI=1S/C31H43N8O17P3S/c1-31(2,26(43)29(44)34-8-7-21(40)33-9-10-60-22(41)11-17-12-35-19-6-4-3-5-18(17)19)14-53-59(50,51)56-58(48,49)52-13-20-25(55-57(45,46)47)24(42)30(54-20)39-16-38-23-27(32)36-15-37-28(23)39/h3-6,12,15-16,20,24-26,30,35,42-43H,7-11,13-14H2,1-2H3,(H,33,40)(H,34,44)(H,48,49)(H,50,51)(H2,32,36,37)(H2,45,46,47)/t20-,24-,25-,26+,30-/m1/s1. The first kappa shape index (κ1) is 47.4. The van der Waals surface area contributed by atoms with Gasteiger partial charge >= 0.3 is 23.5 Å². The average Bonchev–Trinajstić information content (AvgIpc) is 3.86. The van der Waals surface area contributed by atoms with Crippen LogP contribution in [-0.2, 0) is 57.1 Å². The molecule has 0 bridgehead atoms. The van der Waals surface area contributed by atoms with Gasteiger partial charge in [-0.05, 0) is 11.6 Å². The molecule has 4 aromatic rings. The summed E-state index contributed by atoms with van der Waals surface area (Å²) in [5, 5.41) is 27.4. The van der Waals surface area contributed by atoms with Crippen LogP contribution in [0.1, 0.15) is 32.1 Å². The zero-order valence-corrected chi connectivity index (χ0v) is 35.2. The van der Waals surface area contributed by atoms with E-state index < -0.39 is 84.6 Å². The fraction of sp³-hybridized carbons (Fsp3) is 0.484. The maximum atomic E-state index is 12.7. The molecule has 7 atom stereocenters. The molecule has 330 valence electrons. The van der Waals surface area contributed by atoms with Crippen molar-refractivity contribution in [3.8, 4) is 0 Å². The number of carbonyl (C=O) groups excluding carboxylic acids is 3. The number of phosphoric acid groups is 3. The third kappa shape index (κ3) is 12.7. The Bertz CT molecular complexity index is 2320. The number of aliphatic hydroxyl groups excluding tert-OH is 2. The third-order valence-corrected chi connectivity index (χ3v) is 12.7. The van der Waals surface area contributed by atoms with Crippen LogP contribution in [0.2, 0.25) is 0 Å². The number of H-pyrrole nitrogens is 1. The summed E-state index contributed by atoms with van der Waals surface area (Å²) in [5.41, 5.74) is 6.04. The predicted octanol–water partition coefficient (Wildman–Crippen LogP) is 0.389. The van der Waals surface area contributed by atoms with Gasteiger partial charge in [0, 0.05) is 54.2 Å². The fourth-order valence-electron chi connectivity index (χ4n) is 5.78. The number of hydrogen-bond donors (Lipinski definition) is 10. The average molecular weight is 925 g/mol. The monoisotopic (exact) mass is 924 g/mol. The van der Waals surface area contributed by atoms with Crippen molar-refractivity contribution in [3.05, 3.63) is 48.7 Å². The molecule has 0 saturated carbocycles. The van der Waals surface area contributed by atoms with E-state index in [1.54, 1.807) is 6.20 Å². The number of nitrogen functional groups attached to an aromatic ring is 1. The number of hydrogen-bond acceptors (Lipinski definition) is 18. The first-order chi connectivity index (χ1) is 28.1. The molecule has 5 rings (SSSR count). The second-order valence-electron chi connectivity index (χ2n) is 13.8. The summed E-state index contributed by atoms with van der Waals surface area (Å²) in [6, 6.07) is 7.59. The second-order valence-corrected chi connectivity index (χ2v) is 19.2. The van der Waals surface area contributed by atoms with E-state index in [4.69, 9.17) is 19.5 Å². The van der Waals surface area contributed by atoms with Gasteiger partial charge in [-0.2, -0.15) is 4.31 Å². The van der Waals surface area contributed by atoms with E-state index in [2.05, 4.69) is 39.4 Å². The zero-order chi connectivity index (χ0) is 44.0. The van der Waals surface area contributed by atoms with Crippen LogP contribution in [0, 0.1) is 5.41 Å². The minimum atomic E-state index is -5.58. The van der Waals surface area contributed by atoms with E-state index in [0.29, 0.717) is 5.75 Å². The van der Waals surface area contributed by atoms with Crippen LogP contribution in [0.5, 0.6) is 0 Å². The van der Waals surface area contributed by atoms with Crippen molar-refractivity contribution >= 4 is 80.0 Å². The molecule has 2 unspecified atom stereocenters. The van der Waals surface area contributed by atoms with Crippen molar-refractivity contribution in [3.63, 3.8) is 0 Å². The molecule has 1 aliphatic heterocycles. The number of anilines is 1. The number of aromatic nitrogens is 5.